The average molecular weight is 424 g/mol. The first-order chi connectivity index (χ1) is 13.4. The summed E-state index contributed by atoms with van der Waals surface area (Å²) in [5.41, 5.74) is -0.545. The van der Waals surface area contributed by atoms with Crippen LogP contribution < -0.4 is 15.0 Å². The van der Waals surface area contributed by atoms with Gasteiger partial charge in [0, 0.05) is 32.2 Å². The summed E-state index contributed by atoms with van der Waals surface area (Å²) in [6.45, 7) is 7.59. The Kier molecular flexibility index (Phi) is 5.66. The zero-order valence-corrected chi connectivity index (χ0v) is 18.4. The van der Waals surface area contributed by atoms with Gasteiger partial charge in [-0.2, -0.15) is 4.31 Å². The monoisotopic (exact) mass is 423 g/mol. The summed E-state index contributed by atoms with van der Waals surface area (Å²) in [4.78, 5) is 26.3. The average Bonchev–Trinajstić information content (AvgIpc) is 2.65. The molecule has 2 aliphatic rings. The highest BCUT2D eigenvalue weighted by atomic mass is 32.2. The summed E-state index contributed by atoms with van der Waals surface area (Å²) >= 11 is 0. The lowest BCUT2D eigenvalue weighted by atomic mass is 9.98. The van der Waals surface area contributed by atoms with Crippen LogP contribution in [0.1, 0.15) is 40.5 Å². The van der Waals surface area contributed by atoms with Gasteiger partial charge < -0.3 is 15.0 Å². The second kappa shape index (κ2) is 7.60. The molecule has 0 spiro atoms. The molecule has 2 amide bonds. The molecule has 0 saturated carbocycles. The van der Waals surface area contributed by atoms with Crippen LogP contribution in [0.5, 0.6) is 5.75 Å². The van der Waals surface area contributed by atoms with Gasteiger partial charge in [0.05, 0.1) is 16.5 Å². The maximum absolute atomic E-state index is 13.2. The fraction of sp³-hybridized carbons (Fsp3) is 0.600. The Labute approximate surface area is 172 Å². The van der Waals surface area contributed by atoms with Crippen molar-refractivity contribution in [2.75, 3.05) is 25.0 Å². The molecule has 1 unspecified atom stereocenters. The van der Waals surface area contributed by atoms with E-state index < -0.39 is 15.6 Å². The predicted molar refractivity (Wildman–Crippen MR) is 109 cm³/mol. The van der Waals surface area contributed by atoms with Crippen molar-refractivity contribution in [1.82, 2.24) is 9.62 Å². The smallest absolute Gasteiger partial charge is 0.270 e. The Balaban J connectivity index is 1.87. The molecule has 1 aromatic carbocycles. The number of likely N-dealkylation sites (N-methyl/N-ethyl adjacent to an activating group) is 1. The molecule has 0 bridgehead atoms. The van der Waals surface area contributed by atoms with Gasteiger partial charge in [-0.1, -0.05) is 0 Å². The minimum absolute atomic E-state index is 0.00957. The number of rotatable bonds is 4. The number of amides is 2. The maximum atomic E-state index is 13.2. The zero-order chi connectivity index (χ0) is 21.6. The van der Waals surface area contributed by atoms with Gasteiger partial charge in [-0.15, -0.1) is 0 Å². The third-order valence-corrected chi connectivity index (χ3v) is 7.16. The standard InChI is InChI=1S/C20H29N3O5S/c1-13(2)21-18(24)14-7-6-10-23(12-14)29(26,27)15-8-9-16-17(11-15)28-20(3,4)19(25)22(16)5/h8-9,11,13-14H,6-7,10,12H2,1-5H3,(H,21,24). The molecular formula is C20H29N3O5S. The van der Waals surface area contributed by atoms with Crippen molar-refractivity contribution in [3.05, 3.63) is 18.2 Å². The number of piperidine rings is 1. The Morgan fingerprint density at radius 2 is 2.00 bits per heavy atom. The van der Waals surface area contributed by atoms with Crippen LogP contribution in [-0.4, -0.2) is 56.3 Å². The number of anilines is 1. The van der Waals surface area contributed by atoms with E-state index in [0.29, 0.717) is 30.8 Å². The molecule has 0 aromatic heterocycles. The largest absolute Gasteiger partial charge is 0.476 e. The summed E-state index contributed by atoms with van der Waals surface area (Å²) in [6.07, 6.45) is 1.29. The molecule has 29 heavy (non-hydrogen) atoms. The molecule has 2 heterocycles. The second-order valence-electron chi connectivity index (χ2n) is 8.47. The van der Waals surface area contributed by atoms with E-state index in [-0.39, 0.29) is 35.2 Å². The molecule has 3 rings (SSSR count). The van der Waals surface area contributed by atoms with Gasteiger partial charge in [-0.25, -0.2) is 8.42 Å². The van der Waals surface area contributed by atoms with E-state index in [1.54, 1.807) is 27.0 Å². The predicted octanol–water partition coefficient (Wildman–Crippen LogP) is 1.75. The van der Waals surface area contributed by atoms with Crippen molar-refractivity contribution >= 4 is 27.5 Å². The number of benzene rings is 1. The van der Waals surface area contributed by atoms with Crippen molar-refractivity contribution in [3.63, 3.8) is 0 Å². The molecule has 8 nitrogen and oxygen atoms in total. The van der Waals surface area contributed by atoms with Crippen LogP contribution in [-0.2, 0) is 19.6 Å². The van der Waals surface area contributed by atoms with E-state index in [4.69, 9.17) is 4.74 Å². The minimum Gasteiger partial charge on any atom is -0.476 e. The second-order valence-corrected chi connectivity index (χ2v) is 10.4. The Bertz CT molecular complexity index is 926. The lowest BCUT2D eigenvalue weighted by molar-refractivity contribution is -0.132. The molecule has 1 fully saturated rings. The van der Waals surface area contributed by atoms with Crippen LogP contribution in [0.4, 0.5) is 5.69 Å². The fourth-order valence-electron chi connectivity index (χ4n) is 3.77. The normalized spacial score (nSPS) is 22.2. The van der Waals surface area contributed by atoms with Crippen LogP contribution in [0.3, 0.4) is 0 Å². The minimum atomic E-state index is -3.79. The fourth-order valence-corrected chi connectivity index (χ4v) is 5.31. The van der Waals surface area contributed by atoms with E-state index in [2.05, 4.69) is 5.32 Å². The van der Waals surface area contributed by atoms with Crippen LogP contribution in [0.15, 0.2) is 23.1 Å². The Morgan fingerprint density at radius 3 is 2.66 bits per heavy atom. The van der Waals surface area contributed by atoms with Gasteiger partial charge in [0.25, 0.3) is 5.91 Å². The molecule has 1 atom stereocenters. The van der Waals surface area contributed by atoms with E-state index in [1.807, 2.05) is 13.8 Å². The topological polar surface area (TPSA) is 96.0 Å². The van der Waals surface area contributed by atoms with Crippen LogP contribution in [0.2, 0.25) is 0 Å². The van der Waals surface area contributed by atoms with E-state index in [1.165, 1.54) is 21.3 Å². The molecule has 9 heteroatoms. The van der Waals surface area contributed by atoms with Gasteiger partial charge in [0.15, 0.2) is 5.60 Å². The Hall–Kier alpha value is -2.13. The number of hydrogen-bond donors (Lipinski definition) is 1. The van der Waals surface area contributed by atoms with Crippen molar-refractivity contribution < 1.29 is 22.7 Å². The van der Waals surface area contributed by atoms with Gasteiger partial charge in [-0.3, -0.25) is 9.59 Å². The summed E-state index contributed by atoms with van der Waals surface area (Å²) in [5, 5.41) is 2.87. The summed E-state index contributed by atoms with van der Waals surface area (Å²) in [6, 6.07) is 4.54. The van der Waals surface area contributed by atoms with Crippen LogP contribution >= 0.6 is 0 Å². The van der Waals surface area contributed by atoms with Crippen LogP contribution in [0.25, 0.3) is 0 Å². The molecule has 0 radical (unpaired) electrons. The van der Waals surface area contributed by atoms with Gasteiger partial charge >= 0.3 is 0 Å². The zero-order valence-electron chi connectivity index (χ0n) is 17.6. The van der Waals surface area contributed by atoms with Crippen molar-refractivity contribution in [2.45, 2.75) is 57.1 Å². The number of fused-ring (bicyclic) bond motifs is 1. The summed E-state index contributed by atoms with van der Waals surface area (Å²) in [5.74, 6) is -0.326. The number of nitrogens with zero attached hydrogens (tertiary/aromatic N) is 2. The van der Waals surface area contributed by atoms with Crippen LogP contribution in [0, 0.1) is 5.92 Å². The summed E-state index contributed by atoms with van der Waals surface area (Å²) < 4.78 is 33.6. The highest BCUT2D eigenvalue weighted by Gasteiger charge is 2.40. The number of hydrogen-bond acceptors (Lipinski definition) is 5. The molecule has 0 aliphatic carbocycles. The number of nitrogens with one attached hydrogen (secondary N) is 1. The number of carbonyl (C=O) groups is 2. The van der Waals surface area contributed by atoms with Gasteiger partial charge in [0.2, 0.25) is 15.9 Å². The quantitative estimate of drug-likeness (QED) is 0.796. The third-order valence-electron chi connectivity index (χ3n) is 5.30. The highest BCUT2D eigenvalue weighted by molar-refractivity contribution is 7.89. The number of ether oxygens (including phenoxy) is 1. The molecule has 160 valence electrons. The molecule has 1 N–H and O–H groups in total. The van der Waals surface area contributed by atoms with Crippen molar-refractivity contribution in [1.29, 1.82) is 0 Å². The van der Waals surface area contributed by atoms with E-state index in [9.17, 15) is 18.0 Å². The Morgan fingerprint density at radius 1 is 1.31 bits per heavy atom. The third kappa shape index (κ3) is 4.11. The number of carbonyl (C=O) groups excluding carboxylic acids is 2. The number of sulfonamides is 1. The first kappa shape index (κ1) is 21.6. The lowest BCUT2D eigenvalue weighted by Gasteiger charge is -2.37. The molecule has 1 aromatic rings. The van der Waals surface area contributed by atoms with Gasteiger partial charge in [0.1, 0.15) is 5.75 Å². The van der Waals surface area contributed by atoms with E-state index in [0.717, 1.165) is 0 Å². The molecule has 1 saturated heterocycles. The first-order valence-electron chi connectivity index (χ1n) is 9.85. The summed E-state index contributed by atoms with van der Waals surface area (Å²) in [7, 11) is -2.15. The molecular weight excluding hydrogens is 394 g/mol. The van der Waals surface area contributed by atoms with Gasteiger partial charge in [-0.05, 0) is 52.7 Å². The van der Waals surface area contributed by atoms with Crippen molar-refractivity contribution in [3.8, 4) is 5.75 Å². The SMILES string of the molecule is CC(C)NC(=O)C1CCCN(S(=O)(=O)c2ccc3c(c2)OC(C)(C)C(=O)N3C)C1. The van der Waals surface area contributed by atoms with Crippen molar-refractivity contribution in [2.24, 2.45) is 5.92 Å². The first-order valence-corrected chi connectivity index (χ1v) is 11.3. The lowest BCUT2D eigenvalue weighted by Crippen LogP contribution is -2.51. The highest BCUT2D eigenvalue weighted by Crippen LogP contribution is 2.39. The maximum Gasteiger partial charge on any atom is 0.270 e. The molecule has 2 aliphatic heterocycles. The van der Waals surface area contributed by atoms with E-state index >= 15 is 0 Å².